The van der Waals surface area contributed by atoms with Gasteiger partial charge >= 0.3 is 6.18 Å². The van der Waals surface area contributed by atoms with Gasteiger partial charge in [0.25, 0.3) is 0 Å². The van der Waals surface area contributed by atoms with Crippen LogP contribution in [-0.2, 0) is 30.6 Å². The van der Waals surface area contributed by atoms with Gasteiger partial charge in [-0.05, 0) is 26.0 Å². The molecule has 0 bridgehead atoms. The predicted molar refractivity (Wildman–Crippen MR) is 85.5 cm³/mol. The highest BCUT2D eigenvalue weighted by Gasteiger charge is 2.34. The molecule has 2 aromatic heterocycles. The molecule has 2 heterocycles. The molecule has 0 unspecified atom stereocenters. The Morgan fingerprint density at radius 3 is 2.60 bits per heavy atom. The number of aromatic nitrogens is 4. The van der Waals surface area contributed by atoms with Gasteiger partial charge in [-0.1, -0.05) is 6.92 Å². The first kappa shape index (κ1) is 19.0. The van der Waals surface area contributed by atoms with Gasteiger partial charge in [0.05, 0.1) is 24.7 Å². The van der Waals surface area contributed by atoms with Crippen LogP contribution in [0, 0.1) is 12.8 Å². The van der Waals surface area contributed by atoms with Gasteiger partial charge in [-0.3, -0.25) is 14.2 Å². The SMILES string of the molecule is CCn1nccc1CN(C)C(=O)[C@@H](C)Cn1nc(C(F)(F)F)cc1C. The minimum absolute atomic E-state index is 0.0954. The smallest absolute Gasteiger partial charge is 0.340 e. The number of nitrogens with zero attached hydrogens (tertiary/aromatic N) is 5. The standard InChI is InChI=1S/C16H22F3N5O/c1-5-23-13(6-7-20-23)10-22(4)15(25)11(2)9-24-12(3)8-14(21-24)16(17,18)19/h6-8,11H,5,9-10H2,1-4H3/t11-/m0/s1. The number of hydrogen-bond donors (Lipinski definition) is 0. The van der Waals surface area contributed by atoms with Crippen LogP contribution < -0.4 is 0 Å². The van der Waals surface area contributed by atoms with E-state index in [0.29, 0.717) is 18.8 Å². The Labute approximate surface area is 144 Å². The van der Waals surface area contributed by atoms with Gasteiger partial charge < -0.3 is 4.90 Å². The van der Waals surface area contributed by atoms with Crippen LogP contribution in [0.1, 0.15) is 30.9 Å². The molecule has 2 rings (SSSR count). The summed E-state index contributed by atoms with van der Waals surface area (Å²) in [5.41, 5.74) is 0.337. The fraction of sp³-hybridized carbons (Fsp3) is 0.562. The largest absolute Gasteiger partial charge is 0.435 e. The molecule has 0 aliphatic carbocycles. The van der Waals surface area contributed by atoms with E-state index in [-0.39, 0.29) is 12.5 Å². The molecule has 0 saturated heterocycles. The molecular formula is C16H22F3N5O. The Bertz CT molecular complexity index is 734. The first-order chi connectivity index (χ1) is 11.6. The van der Waals surface area contributed by atoms with Crippen LogP contribution in [-0.4, -0.2) is 37.4 Å². The third-order valence-electron chi connectivity index (χ3n) is 4.02. The maximum absolute atomic E-state index is 12.7. The van der Waals surface area contributed by atoms with Gasteiger partial charge in [0.1, 0.15) is 0 Å². The van der Waals surface area contributed by atoms with E-state index in [9.17, 15) is 18.0 Å². The molecule has 0 spiro atoms. The zero-order chi connectivity index (χ0) is 18.8. The van der Waals surface area contributed by atoms with Crippen molar-refractivity contribution in [2.75, 3.05) is 7.05 Å². The molecule has 0 aliphatic rings. The van der Waals surface area contributed by atoms with E-state index >= 15 is 0 Å². The molecule has 0 fully saturated rings. The predicted octanol–water partition coefficient (Wildman–Crippen LogP) is 2.72. The average molecular weight is 357 g/mol. The maximum atomic E-state index is 12.7. The summed E-state index contributed by atoms with van der Waals surface area (Å²) in [6, 6.07) is 2.83. The number of amides is 1. The van der Waals surface area contributed by atoms with Crippen LogP contribution in [0.5, 0.6) is 0 Å². The van der Waals surface area contributed by atoms with Gasteiger partial charge in [0, 0.05) is 25.5 Å². The van der Waals surface area contributed by atoms with Gasteiger partial charge in [-0.2, -0.15) is 23.4 Å². The summed E-state index contributed by atoms with van der Waals surface area (Å²) in [6.07, 6.45) is -2.81. The van der Waals surface area contributed by atoms with Crippen LogP contribution >= 0.6 is 0 Å². The lowest BCUT2D eigenvalue weighted by atomic mass is 10.1. The van der Waals surface area contributed by atoms with Gasteiger partial charge in [0.15, 0.2) is 5.69 Å². The van der Waals surface area contributed by atoms with Crippen molar-refractivity contribution in [1.29, 1.82) is 0 Å². The summed E-state index contributed by atoms with van der Waals surface area (Å²) in [5, 5.41) is 7.73. The first-order valence-electron chi connectivity index (χ1n) is 8.00. The van der Waals surface area contributed by atoms with Crippen molar-refractivity contribution in [3.05, 3.63) is 35.4 Å². The third-order valence-corrected chi connectivity index (χ3v) is 4.02. The van der Waals surface area contributed by atoms with Crippen LogP contribution in [0.3, 0.4) is 0 Å². The molecule has 25 heavy (non-hydrogen) atoms. The Balaban J connectivity index is 2.04. The summed E-state index contributed by atoms with van der Waals surface area (Å²) in [5.74, 6) is -0.657. The number of carbonyl (C=O) groups excluding carboxylic acids is 1. The highest BCUT2D eigenvalue weighted by molar-refractivity contribution is 5.78. The van der Waals surface area contributed by atoms with E-state index in [1.807, 2.05) is 13.0 Å². The number of aryl methyl sites for hydroxylation is 2. The summed E-state index contributed by atoms with van der Waals surface area (Å²) < 4.78 is 41.2. The molecule has 0 aromatic carbocycles. The molecular weight excluding hydrogens is 335 g/mol. The second-order valence-electron chi connectivity index (χ2n) is 6.08. The van der Waals surface area contributed by atoms with Crippen molar-refractivity contribution in [2.24, 2.45) is 5.92 Å². The van der Waals surface area contributed by atoms with Crippen LogP contribution in [0.15, 0.2) is 18.3 Å². The van der Waals surface area contributed by atoms with E-state index in [1.54, 1.807) is 36.7 Å². The minimum atomic E-state index is -4.49. The van der Waals surface area contributed by atoms with Crippen molar-refractivity contribution in [3.8, 4) is 0 Å². The number of halogens is 3. The van der Waals surface area contributed by atoms with Crippen LogP contribution in [0.4, 0.5) is 13.2 Å². The molecule has 2 aromatic rings. The number of rotatable bonds is 6. The molecule has 1 atom stereocenters. The maximum Gasteiger partial charge on any atom is 0.435 e. The van der Waals surface area contributed by atoms with Crippen LogP contribution in [0.2, 0.25) is 0 Å². The van der Waals surface area contributed by atoms with Gasteiger partial charge in [-0.15, -0.1) is 0 Å². The highest BCUT2D eigenvalue weighted by Crippen LogP contribution is 2.28. The van der Waals surface area contributed by atoms with Crippen molar-refractivity contribution >= 4 is 5.91 Å². The quantitative estimate of drug-likeness (QED) is 0.799. The number of carbonyl (C=O) groups is 1. The van der Waals surface area contributed by atoms with Gasteiger partial charge in [0.2, 0.25) is 5.91 Å². The Kier molecular flexibility index (Phi) is 5.54. The molecule has 0 saturated carbocycles. The zero-order valence-electron chi connectivity index (χ0n) is 14.7. The lowest BCUT2D eigenvalue weighted by molar-refractivity contribution is -0.141. The summed E-state index contributed by atoms with van der Waals surface area (Å²) >= 11 is 0. The first-order valence-corrected chi connectivity index (χ1v) is 8.00. The average Bonchev–Trinajstić information content (AvgIpc) is 3.12. The fourth-order valence-corrected chi connectivity index (χ4v) is 2.65. The monoisotopic (exact) mass is 357 g/mol. The lowest BCUT2D eigenvalue weighted by Gasteiger charge is -2.22. The van der Waals surface area contributed by atoms with Crippen molar-refractivity contribution in [3.63, 3.8) is 0 Å². The fourth-order valence-electron chi connectivity index (χ4n) is 2.65. The molecule has 6 nitrogen and oxygen atoms in total. The second kappa shape index (κ2) is 7.28. The third kappa shape index (κ3) is 4.40. The van der Waals surface area contributed by atoms with Crippen LogP contribution in [0.25, 0.3) is 0 Å². The van der Waals surface area contributed by atoms with Crippen molar-refractivity contribution in [1.82, 2.24) is 24.5 Å². The van der Waals surface area contributed by atoms with E-state index in [1.165, 1.54) is 4.68 Å². The molecule has 0 N–H and O–H groups in total. The Morgan fingerprint density at radius 2 is 2.04 bits per heavy atom. The normalized spacial score (nSPS) is 13.1. The summed E-state index contributed by atoms with van der Waals surface area (Å²) in [7, 11) is 1.67. The number of alkyl halides is 3. The minimum Gasteiger partial charge on any atom is -0.340 e. The summed E-state index contributed by atoms with van der Waals surface area (Å²) in [6.45, 7) is 6.38. The van der Waals surface area contributed by atoms with Crippen molar-refractivity contribution in [2.45, 2.75) is 46.6 Å². The highest BCUT2D eigenvalue weighted by atomic mass is 19.4. The molecule has 9 heteroatoms. The lowest BCUT2D eigenvalue weighted by Crippen LogP contribution is -2.34. The Morgan fingerprint density at radius 1 is 1.36 bits per heavy atom. The molecule has 1 amide bonds. The molecule has 0 radical (unpaired) electrons. The van der Waals surface area contributed by atoms with Gasteiger partial charge in [-0.25, -0.2) is 0 Å². The number of hydrogen-bond acceptors (Lipinski definition) is 3. The van der Waals surface area contributed by atoms with Crippen molar-refractivity contribution < 1.29 is 18.0 Å². The topological polar surface area (TPSA) is 56.0 Å². The van der Waals surface area contributed by atoms with E-state index < -0.39 is 17.8 Å². The van der Waals surface area contributed by atoms with E-state index in [0.717, 1.165) is 11.8 Å². The summed E-state index contributed by atoms with van der Waals surface area (Å²) in [4.78, 5) is 14.1. The second-order valence-corrected chi connectivity index (χ2v) is 6.08. The molecule has 0 aliphatic heterocycles. The van der Waals surface area contributed by atoms with E-state index in [2.05, 4.69) is 10.2 Å². The molecule has 138 valence electrons. The Hall–Kier alpha value is -2.32. The van der Waals surface area contributed by atoms with E-state index in [4.69, 9.17) is 0 Å². The zero-order valence-corrected chi connectivity index (χ0v) is 14.7.